The van der Waals surface area contributed by atoms with Gasteiger partial charge in [0.05, 0.1) is 18.0 Å². The van der Waals surface area contributed by atoms with Crippen LogP contribution in [0.1, 0.15) is 35.2 Å². The number of nitrogens with one attached hydrogen (secondary N) is 1. The van der Waals surface area contributed by atoms with Gasteiger partial charge in [-0.1, -0.05) is 103 Å². The molecule has 0 aliphatic carbocycles. The zero-order valence-electron chi connectivity index (χ0n) is 21.3. The molecule has 0 aromatic heterocycles. The van der Waals surface area contributed by atoms with Gasteiger partial charge in [0.25, 0.3) is 0 Å². The Bertz CT molecular complexity index is 1490. The van der Waals surface area contributed by atoms with Gasteiger partial charge < -0.3 is 4.74 Å². The van der Waals surface area contributed by atoms with Gasteiger partial charge in [-0.15, -0.1) is 0 Å². The van der Waals surface area contributed by atoms with Crippen molar-refractivity contribution in [3.63, 3.8) is 0 Å². The third kappa shape index (κ3) is 6.08. The first-order valence-electron chi connectivity index (χ1n) is 12.0. The van der Waals surface area contributed by atoms with Crippen LogP contribution < -0.4 is 9.46 Å². The molecule has 0 aliphatic rings. The second-order valence-electron chi connectivity index (χ2n) is 8.94. The Morgan fingerprint density at radius 1 is 0.784 bits per heavy atom. The van der Waals surface area contributed by atoms with E-state index < -0.39 is 16.1 Å². The minimum atomic E-state index is -3.86. The maximum atomic E-state index is 13.7. The molecule has 0 amide bonds. The highest BCUT2D eigenvalue weighted by Gasteiger charge is 2.28. The van der Waals surface area contributed by atoms with E-state index in [4.69, 9.17) is 4.74 Å². The quantitative estimate of drug-likeness (QED) is 0.192. The van der Waals surface area contributed by atoms with Gasteiger partial charge in [0.2, 0.25) is 10.0 Å². The molecule has 0 bridgehead atoms. The number of rotatable bonds is 9. The minimum Gasteiger partial charge on any atom is -0.497 e. The average Bonchev–Trinajstić information content (AvgIpc) is 2.92. The van der Waals surface area contributed by atoms with Gasteiger partial charge in [0, 0.05) is 0 Å². The number of benzene rings is 4. The summed E-state index contributed by atoms with van der Waals surface area (Å²) in [6, 6.07) is 33.4. The second-order valence-corrected chi connectivity index (χ2v) is 10.7. The molecule has 0 unspecified atom stereocenters. The summed E-state index contributed by atoms with van der Waals surface area (Å²) in [7, 11) is -2.23. The third-order valence-corrected chi connectivity index (χ3v) is 7.62. The van der Waals surface area contributed by atoms with E-state index >= 15 is 0 Å². The molecule has 1 atom stereocenters. The highest BCUT2D eigenvalue weighted by atomic mass is 32.2. The summed E-state index contributed by atoms with van der Waals surface area (Å²) in [5, 5.41) is 0. The highest BCUT2D eigenvalue weighted by molar-refractivity contribution is 7.89. The molecule has 0 saturated heterocycles. The van der Waals surface area contributed by atoms with E-state index in [2.05, 4.69) is 11.3 Å². The molecular formula is C32H31NO3S. The molecule has 0 spiro atoms. The summed E-state index contributed by atoms with van der Waals surface area (Å²) >= 11 is 0. The monoisotopic (exact) mass is 509 g/mol. The van der Waals surface area contributed by atoms with Crippen molar-refractivity contribution in [2.75, 3.05) is 7.11 Å². The summed E-state index contributed by atoms with van der Waals surface area (Å²) in [6.07, 6.45) is 0. The molecule has 1 N–H and O–H groups in total. The predicted molar refractivity (Wildman–Crippen MR) is 152 cm³/mol. The summed E-state index contributed by atoms with van der Waals surface area (Å²) in [6.45, 7) is 8.17. The van der Waals surface area contributed by atoms with Gasteiger partial charge in [-0.25, -0.2) is 8.42 Å². The largest absolute Gasteiger partial charge is 0.497 e. The molecule has 0 radical (unpaired) electrons. The smallest absolute Gasteiger partial charge is 0.241 e. The highest BCUT2D eigenvalue weighted by Crippen LogP contribution is 2.40. The van der Waals surface area contributed by atoms with Crippen LogP contribution in [-0.4, -0.2) is 15.5 Å². The van der Waals surface area contributed by atoms with E-state index in [0.717, 1.165) is 44.7 Å². The first kappa shape index (κ1) is 26.1. The molecule has 0 fully saturated rings. The molecule has 188 valence electrons. The third-order valence-electron chi connectivity index (χ3n) is 6.19. The van der Waals surface area contributed by atoms with E-state index in [9.17, 15) is 8.42 Å². The molecule has 4 aromatic rings. The molecular weight excluding hydrogens is 478 g/mol. The number of ether oxygens (including phenoxy) is 1. The van der Waals surface area contributed by atoms with Crippen LogP contribution in [0, 0.1) is 6.92 Å². The van der Waals surface area contributed by atoms with E-state index in [1.54, 1.807) is 31.4 Å². The molecule has 4 rings (SSSR count). The van der Waals surface area contributed by atoms with Crippen LogP contribution in [0.3, 0.4) is 0 Å². The first-order valence-corrected chi connectivity index (χ1v) is 13.5. The van der Waals surface area contributed by atoms with Crippen molar-refractivity contribution in [2.24, 2.45) is 0 Å². The summed E-state index contributed by atoms with van der Waals surface area (Å²) in [5.41, 5.74) is 6.14. The van der Waals surface area contributed by atoms with Crippen LogP contribution in [0.5, 0.6) is 5.75 Å². The van der Waals surface area contributed by atoms with Gasteiger partial charge in [-0.2, -0.15) is 4.72 Å². The average molecular weight is 510 g/mol. The van der Waals surface area contributed by atoms with E-state index in [0.29, 0.717) is 0 Å². The summed E-state index contributed by atoms with van der Waals surface area (Å²) in [5.74, 6) is 0.741. The Morgan fingerprint density at radius 3 is 1.89 bits per heavy atom. The molecule has 0 heterocycles. The lowest BCUT2D eigenvalue weighted by Gasteiger charge is -2.27. The van der Waals surface area contributed by atoms with Crippen molar-refractivity contribution in [2.45, 2.75) is 24.8 Å². The van der Waals surface area contributed by atoms with Crippen LogP contribution in [0.15, 0.2) is 126 Å². The topological polar surface area (TPSA) is 55.4 Å². The van der Waals surface area contributed by atoms with E-state index in [1.165, 1.54) is 0 Å². The fourth-order valence-corrected chi connectivity index (χ4v) is 5.54. The predicted octanol–water partition coefficient (Wildman–Crippen LogP) is 7.21. The Hall–Kier alpha value is -3.93. The normalized spacial score (nSPS) is 12.9. The molecule has 0 saturated carbocycles. The van der Waals surface area contributed by atoms with Gasteiger partial charge in [-0.05, 0) is 65.9 Å². The molecule has 5 heteroatoms. The first-order chi connectivity index (χ1) is 17.8. The lowest BCUT2D eigenvalue weighted by molar-refractivity contribution is 0.415. The number of hydrogen-bond acceptors (Lipinski definition) is 3. The lowest BCUT2D eigenvalue weighted by Crippen LogP contribution is -2.30. The number of allylic oxidation sites excluding steroid dienone is 2. The van der Waals surface area contributed by atoms with Gasteiger partial charge in [0.1, 0.15) is 5.75 Å². The fraction of sp³-hybridized carbons (Fsp3) is 0.125. The standard InChI is InChI=1S/C32H31NO3S/c1-23(2)30(26-17-19-28(36-4)20-18-26)31(25-11-7-5-8-12-25)32(27-13-9-6-10-14-27)33-37(34,35)29-21-15-24(3)16-22-29/h5-22,32-33H,1H2,2-4H3/b31-30-/t32-/m1/s1. The van der Waals surface area contributed by atoms with Crippen molar-refractivity contribution in [3.05, 3.63) is 144 Å². The molecule has 4 nitrogen and oxygen atoms in total. The van der Waals surface area contributed by atoms with Crippen LogP contribution in [0.25, 0.3) is 11.1 Å². The summed E-state index contributed by atoms with van der Waals surface area (Å²) in [4.78, 5) is 0.216. The van der Waals surface area contributed by atoms with Gasteiger partial charge in [0.15, 0.2) is 0 Å². The fourth-order valence-electron chi connectivity index (χ4n) is 4.34. The van der Waals surface area contributed by atoms with Crippen molar-refractivity contribution < 1.29 is 13.2 Å². The molecule has 4 aromatic carbocycles. The number of aryl methyl sites for hydroxylation is 1. The molecule has 0 aliphatic heterocycles. The van der Waals surface area contributed by atoms with Crippen molar-refractivity contribution in [1.29, 1.82) is 0 Å². The van der Waals surface area contributed by atoms with Crippen molar-refractivity contribution in [3.8, 4) is 5.75 Å². The van der Waals surface area contributed by atoms with Crippen LogP contribution in [-0.2, 0) is 10.0 Å². The Balaban J connectivity index is 1.99. The number of sulfonamides is 1. The zero-order chi connectivity index (χ0) is 26.4. The van der Waals surface area contributed by atoms with Crippen molar-refractivity contribution >= 4 is 21.2 Å². The van der Waals surface area contributed by atoms with Gasteiger partial charge in [-0.3, -0.25) is 0 Å². The molecule has 37 heavy (non-hydrogen) atoms. The Kier molecular flexibility index (Phi) is 8.07. The maximum absolute atomic E-state index is 13.7. The van der Waals surface area contributed by atoms with Crippen molar-refractivity contribution in [1.82, 2.24) is 4.72 Å². The van der Waals surface area contributed by atoms with Gasteiger partial charge >= 0.3 is 0 Å². The minimum absolute atomic E-state index is 0.216. The van der Waals surface area contributed by atoms with E-state index in [1.807, 2.05) is 98.8 Å². The SMILES string of the molecule is C=C(C)/C(=C(\c1ccccc1)[C@H](NS(=O)(=O)c1ccc(C)cc1)c1ccccc1)c1ccc(OC)cc1. The Morgan fingerprint density at radius 2 is 1.35 bits per heavy atom. The number of hydrogen-bond donors (Lipinski definition) is 1. The summed E-state index contributed by atoms with van der Waals surface area (Å²) < 4.78 is 35.8. The van der Waals surface area contributed by atoms with Crippen LogP contribution in [0.2, 0.25) is 0 Å². The second kappa shape index (κ2) is 11.4. The lowest BCUT2D eigenvalue weighted by atomic mass is 9.84. The Labute approximate surface area is 220 Å². The number of methoxy groups -OCH3 is 1. The van der Waals surface area contributed by atoms with Crippen LogP contribution >= 0.6 is 0 Å². The zero-order valence-corrected chi connectivity index (χ0v) is 22.1. The van der Waals surface area contributed by atoms with Crippen LogP contribution in [0.4, 0.5) is 0 Å². The maximum Gasteiger partial charge on any atom is 0.241 e. The van der Waals surface area contributed by atoms with E-state index in [-0.39, 0.29) is 4.90 Å².